The molecule has 0 radical (unpaired) electrons. The van der Waals surface area contributed by atoms with Gasteiger partial charge in [0.25, 0.3) is 0 Å². The zero-order valence-electron chi connectivity index (χ0n) is 26.8. The number of rotatable bonds is 24. The van der Waals surface area contributed by atoms with E-state index in [9.17, 15) is 4.79 Å². The van der Waals surface area contributed by atoms with Crippen LogP contribution in [-0.4, -0.2) is 45.2 Å². The van der Waals surface area contributed by atoms with E-state index < -0.39 is 0 Å². The molecule has 0 bridgehead atoms. The predicted octanol–water partition coefficient (Wildman–Crippen LogP) is 9.19. The topological polar surface area (TPSA) is 60.0 Å². The minimum Gasteiger partial charge on any atom is -0.496 e. The summed E-state index contributed by atoms with van der Waals surface area (Å²) in [5.74, 6) is 1.51. The number of carbonyl (C=O) groups excluding carboxylic acids is 1. The highest BCUT2D eigenvalue weighted by Gasteiger charge is 2.18. The van der Waals surface area contributed by atoms with Gasteiger partial charge >= 0.3 is 0 Å². The zero-order chi connectivity index (χ0) is 30.3. The molecule has 0 heterocycles. The number of anilines is 1. The van der Waals surface area contributed by atoms with Gasteiger partial charge in [-0.15, -0.1) is 0 Å². The molecule has 0 aliphatic carbocycles. The first-order chi connectivity index (χ1) is 20.6. The summed E-state index contributed by atoms with van der Waals surface area (Å²) in [6, 6.07) is 13.8. The van der Waals surface area contributed by atoms with Gasteiger partial charge in [-0.1, -0.05) is 107 Å². The van der Waals surface area contributed by atoms with Gasteiger partial charge in [-0.05, 0) is 44.2 Å². The van der Waals surface area contributed by atoms with Crippen molar-refractivity contribution in [3.8, 4) is 17.2 Å². The Labute approximate surface area is 255 Å². The van der Waals surface area contributed by atoms with Crippen molar-refractivity contribution in [1.29, 1.82) is 0 Å². The van der Waals surface area contributed by atoms with Crippen LogP contribution in [0.3, 0.4) is 0 Å². The fraction of sp³-hybridized carbons (Fsp3) is 0.583. The summed E-state index contributed by atoms with van der Waals surface area (Å²) in [4.78, 5) is 15.4. The lowest BCUT2D eigenvalue weighted by atomic mass is 10.1. The molecule has 1 N–H and O–H groups in total. The van der Waals surface area contributed by atoms with Crippen molar-refractivity contribution in [2.45, 2.75) is 103 Å². The molecule has 0 saturated carbocycles. The molecule has 0 aromatic heterocycles. The molecule has 2 aromatic rings. The van der Waals surface area contributed by atoms with E-state index in [2.05, 4.69) is 41.4 Å². The maximum atomic E-state index is 13.2. The number of hydrogen-bond acceptors (Lipinski definition) is 5. The molecule has 6 heteroatoms. The molecular weight excluding hydrogens is 524 g/mol. The number of carbonyl (C=O) groups is 1. The number of unbranched alkanes of at least 4 members (excludes halogenated alkanes) is 12. The van der Waals surface area contributed by atoms with Crippen molar-refractivity contribution in [3.63, 3.8) is 0 Å². The molecule has 0 fully saturated rings. The van der Waals surface area contributed by atoms with Gasteiger partial charge in [0.2, 0.25) is 5.91 Å². The Balaban J connectivity index is 1.73. The molecule has 1 amide bonds. The van der Waals surface area contributed by atoms with Gasteiger partial charge in [-0.2, -0.15) is 0 Å². The summed E-state index contributed by atoms with van der Waals surface area (Å²) in [7, 11) is 4.73. The lowest BCUT2D eigenvalue weighted by Gasteiger charge is -2.23. The largest absolute Gasteiger partial charge is 0.496 e. The average Bonchev–Trinajstić information content (AvgIpc) is 3.01. The second-order valence-corrected chi connectivity index (χ2v) is 11.1. The van der Waals surface area contributed by atoms with E-state index in [0.717, 1.165) is 19.5 Å². The van der Waals surface area contributed by atoms with Crippen LogP contribution in [0.15, 0.2) is 54.6 Å². The van der Waals surface area contributed by atoms with Gasteiger partial charge in [0, 0.05) is 18.7 Å². The minimum absolute atomic E-state index is 0.0998. The van der Waals surface area contributed by atoms with Crippen LogP contribution in [-0.2, 0) is 11.3 Å². The Bertz CT molecular complexity index is 984. The monoisotopic (exact) mass is 580 g/mol. The third-order valence-electron chi connectivity index (χ3n) is 7.58. The van der Waals surface area contributed by atoms with Crippen molar-refractivity contribution in [1.82, 2.24) is 4.90 Å². The highest BCUT2D eigenvalue weighted by Crippen LogP contribution is 2.38. The third kappa shape index (κ3) is 14.8. The van der Waals surface area contributed by atoms with E-state index in [1.54, 1.807) is 33.5 Å². The molecule has 6 nitrogen and oxygen atoms in total. The first-order valence-electron chi connectivity index (χ1n) is 16.1. The smallest absolute Gasteiger partial charge is 0.238 e. The van der Waals surface area contributed by atoms with Crippen LogP contribution in [0.1, 0.15) is 102 Å². The summed E-state index contributed by atoms with van der Waals surface area (Å²) in [6.45, 7) is 4.17. The van der Waals surface area contributed by atoms with Crippen molar-refractivity contribution in [2.75, 3.05) is 39.7 Å². The van der Waals surface area contributed by atoms with Gasteiger partial charge in [0.1, 0.15) is 22.9 Å². The molecule has 234 valence electrons. The molecule has 0 atom stereocenters. The van der Waals surface area contributed by atoms with Gasteiger partial charge in [-0.3, -0.25) is 9.69 Å². The fourth-order valence-corrected chi connectivity index (χ4v) is 5.15. The van der Waals surface area contributed by atoms with Crippen LogP contribution in [0.2, 0.25) is 0 Å². The van der Waals surface area contributed by atoms with E-state index in [0.29, 0.717) is 22.9 Å². The van der Waals surface area contributed by atoms with Gasteiger partial charge < -0.3 is 19.5 Å². The molecule has 0 unspecified atom stereocenters. The molecule has 2 aromatic carbocycles. The van der Waals surface area contributed by atoms with Crippen LogP contribution >= 0.6 is 0 Å². The summed E-state index contributed by atoms with van der Waals surface area (Å²) in [5.41, 5.74) is 1.72. The molecule has 0 aliphatic heterocycles. The molecule has 0 saturated heterocycles. The van der Waals surface area contributed by atoms with E-state index in [1.807, 2.05) is 18.2 Å². The van der Waals surface area contributed by atoms with Crippen molar-refractivity contribution in [3.05, 3.63) is 60.2 Å². The molecule has 0 spiro atoms. The number of hydrogen-bond donors (Lipinski definition) is 1. The Morgan fingerprint density at radius 1 is 0.738 bits per heavy atom. The van der Waals surface area contributed by atoms with Crippen LogP contribution in [0, 0.1) is 0 Å². The van der Waals surface area contributed by atoms with E-state index >= 15 is 0 Å². The maximum Gasteiger partial charge on any atom is 0.238 e. The van der Waals surface area contributed by atoms with Gasteiger partial charge in [0.15, 0.2) is 0 Å². The molecule has 0 aliphatic rings. The number of amides is 1. The van der Waals surface area contributed by atoms with Crippen molar-refractivity contribution in [2.24, 2.45) is 0 Å². The summed E-state index contributed by atoms with van der Waals surface area (Å²) in [5, 5.41) is 3.01. The standard InChI is InChI=1S/C36H56N2O4/c1-5-6-7-8-9-10-11-12-13-14-15-16-17-18-19-23-26-38(29-31-24-21-20-22-25-31)30-35(39)37-36-33(41-3)27-32(40-2)28-34(36)42-4/h12-13,20-22,24-25,27-28H,5-11,14-19,23,26,29-30H2,1-4H3,(H,37,39)/b13-12-. The van der Waals surface area contributed by atoms with E-state index in [4.69, 9.17) is 14.2 Å². The Hall–Kier alpha value is -2.99. The quantitative estimate of drug-likeness (QED) is 0.0991. The van der Waals surface area contributed by atoms with Crippen LogP contribution in [0.5, 0.6) is 17.2 Å². The number of allylic oxidation sites excluding steroid dienone is 2. The van der Waals surface area contributed by atoms with Gasteiger partial charge in [0.05, 0.1) is 27.9 Å². The second kappa shape index (κ2) is 22.6. The van der Waals surface area contributed by atoms with Crippen LogP contribution in [0.25, 0.3) is 0 Å². The summed E-state index contributed by atoms with van der Waals surface area (Å²) in [6.07, 6.45) is 22.8. The average molecular weight is 581 g/mol. The normalized spacial score (nSPS) is 11.3. The van der Waals surface area contributed by atoms with Crippen LogP contribution < -0.4 is 19.5 Å². The maximum absolute atomic E-state index is 13.2. The lowest BCUT2D eigenvalue weighted by Crippen LogP contribution is -2.33. The third-order valence-corrected chi connectivity index (χ3v) is 7.58. The number of methoxy groups -OCH3 is 3. The highest BCUT2D eigenvalue weighted by atomic mass is 16.5. The van der Waals surface area contributed by atoms with Crippen molar-refractivity contribution < 1.29 is 19.0 Å². The predicted molar refractivity (Wildman–Crippen MR) is 176 cm³/mol. The SMILES string of the molecule is CCCCCCCC/C=C\CCCCCCCCN(CC(=O)Nc1c(OC)cc(OC)cc1OC)Cc1ccccc1. The lowest BCUT2D eigenvalue weighted by molar-refractivity contribution is -0.117. The number of benzene rings is 2. The molecular formula is C36H56N2O4. The number of nitrogens with one attached hydrogen (secondary N) is 1. The highest BCUT2D eigenvalue weighted by molar-refractivity contribution is 5.95. The second-order valence-electron chi connectivity index (χ2n) is 11.1. The Morgan fingerprint density at radius 2 is 1.29 bits per heavy atom. The van der Waals surface area contributed by atoms with Crippen LogP contribution in [0.4, 0.5) is 5.69 Å². The Morgan fingerprint density at radius 3 is 1.83 bits per heavy atom. The van der Waals surface area contributed by atoms with E-state index in [1.165, 1.54) is 89.0 Å². The first kappa shape index (κ1) is 35.2. The first-order valence-corrected chi connectivity index (χ1v) is 16.1. The zero-order valence-corrected chi connectivity index (χ0v) is 26.8. The summed E-state index contributed by atoms with van der Waals surface area (Å²) < 4.78 is 16.3. The summed E-state index contributed by atoms with van der Waals surface area (Å²) >= 11 is 0. The van der Waals surface area contributed by atoms with Gasteiger partial charge in [-0.25, -0.2) is 0 Å². The van der Waals surface area contributed by atoms with Crippen molar-refractivity contribution >= 4 is 11.6 Å². The number of nitrogens with zero attached hydrogens (tertiary/aromatic N) is 1. The van der Waals surface area contributed by atoms with E-state index in [-0.39, 0.29) is 12.5 Å². The minimum atomic E-state index is -0.0998. The Kier molecular flexibility index (Phi) is 18.9. The molecule has 42 heavy (non-hydrogen) atoms. The fourth-order valence-electron chi connectivity index (χ4n) is 5.15. The number of ether oxygens (including phenoxy) is 3. The molecule has 2 rings (SSSR count).